The first-order chi connectivity index (χ1) is 10.0. The maximum absolute atomic E-state index is 13.0. The number of hydrogen-bond donors (Lipinski definition) is 1. The summed E-state index contributed by atoms with van der Waals surface area (Å²) < 4.78 is 14.2. The Morgan fingerprint density at radius 1 is 1.10 bits per heavy atom. The van der Waals surface area contributed by atoms with Crippen LogP contribution >= 0.6 is 27.3 Å². The fraction of sp³-hybridized carbons (Fsp3) is 0.412. The molecule has 1 nitrogen and oxygen atoms in total. The number of halogens is 2. The van der Waals surface area contributed by atoms with Crippen LogP contribution in [-0.2, 0) is 12.8 Å². The van der Waals surface area contributed by atoms with Gasteiger partial charge in [-0.3, -0.25) is 0 Å². The Balaban J connectivity index is 2.02. The van der Waals surface area contributed by atoms with Gasteiger partial charge >= 0.3 is 0 Å². The number of benzene rings is 1. The second kappa shape index (κ2) is 8.06. The molecule has 0 aliphatic heterocycles. The van der Waals surface area contributed by atoms with Crippen LogP contribution in [0.15, 0.2) is 40.2 Å². The van der Waals surface area contributed by atoms with Gasteiger partial charge in [0.15, 0.2) is 0 Å². The van der Waals surface area contributed by atoms with E-state index in [1.807, 2.05) is 12.1 Å². The molecule has 2 aromatic rings. The lowest BCUT2D eigenvalue weighted by molar-refractivity contribution is 0.446. The molecule has 4 heteroatoms. The maximum atomic E-state index is 13.0. The molecule has 1 aromatic carbocycles. The molecule has 0 saturated carbocycles. The predicted octanol–water partition coefficient (Wildman–Crippen LogP) is 5.05. The molecule has 1 unspecified atom stereocenters. The number of rotatable bonds is 7. The highest BCUT2D eigenvalue weighted by Gasteiger charge is 2.13. The molecule has 1 aromatic heterocycles. The fourth-order valence-corrected chi connectivity index (χ4v) is 3.92. The van der Waals surface area contributed by atoms with Crippen molar-refractivity contribution in [2.24, 2.45) is 5.92 Å². The van der Waals surface area contributed by atoms with E-state index in [4.69, 9.17) is 0 Å². The first kappa shape index (κ1) is 16.7. The first-order valence-electron chi connectivity index (χ1n) is 7.25. The summed E-state index contributed by atoms with van der Waals surface area (Å²) in [4.78, 5) is 1.39. The molecule has 0 aliphatic carbocycles. The fourth-order valence-electron chi connectivity index (χ4n) is 2.32. The van der Waals surface area contributed by atoms with Gasteiger partial charge in [-0.15, -0.1) is 11.3 Å². The van der Waals surface area contributed by atoms with Gasteiger partial charge in [0.25, 0.3) is 0 Å². The molecule has 1 heterocycles. The van der Waals surface area contributed by atoms with E-state index >= 15 is 0 Å². The van der Waals surface area contributed by atoms with Crippen molar-refractivity contribution >= 4 is 27.3 Å². The summed E-state index contributed by atoms with van der Waals surface area (Å²) in [6.07, 6.45) is 2.02. The maximum Gasteiger partial charge on any atom is 0.123 e. The molecule has 0 radical (unpaired) electrons. The molecule has 0 bridgehead atoms. The molecule has 114 valence electrons. The highest BCUT2D eigenvalue weighted by molar-refractivity contribution is 9.11. The van der Waals surface area contributed by atoms with Gasteiger partial charge in [0.1, 0.15) is 5.82 Å². The summed E-state index contributed by atoms with van der Waals surface area (Å²) in [5, 5.41) is 3.52. The lowest BCUT2D eigenvalue weighted by Crippen LogP contribution is -2.30. The van der Waals surface area contributed by atoms with E-state index in [0.717, 1.165) is 19.4 Å². The predicted molar refractivity (Wildman–Crippen MR) is 92.5 cm³/mol. The molecular formula is C17H21BrFNS. The zero-order valence-corrected chi connectivity index (χ0v) is 14.8. The van der Waals surface area contributed by atoms with Crippen LogP contribution in [0.5, 0.6) is 0 Å². The number of hydrogen-bond acceptors (Lipinski definition) is 2. The minimum Gasteiger partial charge on any atom is -0.314 e. The van der Waals surface area contributed by atoms with Crippen LogP contribution < -0.4 is 5.32 Å². The Hall–Kier alpha value is -0.710. The number of thiophene rings is 1. The Morgan fingerprint density at radius 2 is 1.81 bits per heavy atom. The lowest BCUT2D eigenvalue weighted by atomic mass is 9.95. The van der Waals surface area contributed by atoms with Crippen molar-refractivity contribution < 1.29 is 4.39 Å². The number of nitrogens with one attached hydrogen (secondary N) is 1. The third-order valence-electron chi connectivity index (χ3n) is 3.37. The van der Waals surface area contributed by atoms with Crippen molar-refractivity contribution in [1.82, 2.24) is 5.32 Å². The molecule has 21 heavy (non-hydrogen) atoms. The second-order valence-corrected chi connectivity index (χ2v) is 8.22. The topological polar surface area (TPSA) is 12.0 Å². The van der Waals surface area contributed by atoms with E-state index in [2.05, 4.69) is 47.2 Å². The van der Waals surface area contributed by atoms with Gasteiger partial charge in [0.05, 0.1) is 3.79 Å². The summed E-state index contributed by atoms with van der Waals surface area (Å²) in [6, 6.07) is 11.6. The Kier molecular flexibility index (Phi) is 6.40. The zero-order valence-electron chi connectivity index (χ0n) is 12.4. The van der Waals surface area contributed by atoms with Crippen LogP contribution in [0.1, 0.15) is 24.3 Å². The van der Waals surface area contributed by atoms with Gasteiger partial charge in [-0.2, -0.15) is 0 Å². The summed E-state index contributed by atoms with van der Waals surface area (Å²) >= 11 is 5.31. The Labute approximate surface area is 138 Å². The van der Waals surface area contributed by atoms with Crippen molar-refractivity contribution in [2.75, 3.05) is 6.54 Å². The van der Waals surface area contributed by atoms with E-state index in [0.29, 0.717) is 12.0 Å². The zero-order chi connectivity index (χ0) is 15.2. The largest absolute Gasteiger partial charge is 0.314 e. The van der Waals surface area contributed by atoms with Crippen LogP contribution in [0.3, 0.4) is 0 Å². The quantitative estimate of drug-likeness (QED) is 0.719. The average Bonchev–Trinajstić information content (AvgIpc) is 2.84. The normalized spacial score (nSPS) is 12.8. The van der Waals surface area contributed by atoms with E-state index in [1.54, 1.807) is 23.5 Å². The highest BCUT2D eigenvalue weighted by Crippen LogP contribution is 2.25. The molecule has 0 fully saturated rings. The molecule has 2 rings (SSSR count). The average molecular weight is 370 g/mol. The lowest BCUT2D eigenvalue weighted by Gasteiger charge is -2.19. The minimum absolute atomic E-state index is 0.169. The van der Waals surface area contributed by atoms with Crippen LogP contribution in [0.2, 0.25) is 0 Å². The van der Waals surface area contributed by atoms with Crippen LogP contribution in [0.4, 0.5) is 4.39 Å². The highest BCUT2D eigenvalue weighted by atomic mass is 79.9. The molecule has 0 spiro atoms. The van der Waals surface area contributed by atoms with Crippen molar-refractivity contribution in [2.45, 2.75) is 32.7 Å². The van der Waals surface area contributed by atoms with Crippen molar-refractivity contribution in [1.29, 1.82) is 0 Å². The van der Waals surface area contributed by atoms with Crippen LogP contribution in [-0.4, -0.2) is 12.6 Å². The molecule has 1 atom stereocenters. The third kappa shape index (κ3) is 5.89. The van der Waals surface area contributed by atoms with Gasteiger partial charge < -0.3 is 5.32 Å². The molecule has 1 N–H and O–H groups in total. The van der Waals surface area contributed by atoms with Crippen LogP contribution in [0, 0.1) is 11.7 Å². The summed E-state index contributed by atoms with van der Waals surface area (Å²) in [7, 11) is 0. The SMILES string of the molecule is CC(C)NCC(Cc1ccc(F)cc1)Cc1ccc(Br)s1. The summed E-state index contributed by atoms with van der Waals surface area (Å²) in [5.41, 5.74) is 1.20. The van der Waals surface area contributed by atoms with Crippen molar-refractivity contribution in [3.05, 3.63) is 56.4 Å². The van der Waals surface area contributed by atoms with Gasteiger partial charge in [-0.05, 0) is 71.1 Å². The summed E-state index contributed by atoms with van der Waals surface area (Å²) in [6.45, 7) is 5.30. The smallest absolute Gasteiger partial charge is 0.123 e. The van der Waals surface area contributed by atoms with E-state index in [-0.39, 0.29) is 5.82 Å². The monoisotopic (exact) mass is 369 g/mol. The molecular weight excluding hydrogens is 349 g/mol. The Bertz CT molecular complexity index is 550. The van der Waals surface area contributed by atoms with E-state index < -0.39 is 0 Å². The Morgan fingerprint density at radius 3 is 2.38 bits per heavy atom. The van der Waals surface area contributed by atoms with E-state index in [9.17, 15) is 4.39 Å². The molecule has 0 saturated heterocycles. The van der Waals surface area contributed by atoms with Gasteiger partial charge in [0, 0.05) is 10.9 Å². The van der Waals surface area contributed by atoms with Gasteiger partial charge in [-0.1, -0.05) is 26.0 Å². The standard InChI is InChI=1S/C17H21BrFNS/c1-12(2)20-11-14(10-16-7-8-17(18)21-16)9-13-3-5-15(19)6-4-13/h3-8,12,14,20H,9-11H2,1-2H3. The third-order valence-corrected chi connectivity index (χ3v) is 5.02. The van der Waals surface area contributed by atoms with Gasteiger partial charge in [-0.25, -0.2) is 4.39 Å². The van der Waals surface area contributed by atoms with Crippen LogP contribution in [0.25, 0.3) is 0 Å². The second-order valence-electron chi connectivity index (χ2n) is 5.67. The van der Waals surface area contributed by atoms with Gasteiger partial charge in [0.2, 0.25) is 0 Å². The summed E-state index contributed by atoms with van der Waals surface area (Å²) in [5.74, 6) is 0.348. The van der Waals surface area contributed by atoms with E-state index in [1.165, 1.54) is 14.2 Å². The first-order valence-corrected chi connectivity index (χ1v) is 8.86. The molecule has 0 amide bonds. The minimum atomic E-state index is -0.169. The molecule has 0 aliphatic rings. The van der Waals surface area contributed by atoms with Crippen molar-refractivity contribution in [3.8, 4) is 0 Å². The van der Waals surface area contributed by atoms with Crippen molar-refractivity contribution in [3.63, 3.8) is 0 Å².